The van der Waals surface area contributed by atoms with Gasteiger partial charge in [-0.1, -0.05) is 24.6 Å². The van der Waals surface area contributed by atoms with Gasteiger partial charge in [0.1, 0.15) is 0 Å². The summed E-state index contributed by atoms with van der Waals surface area (Å²) in [7, 11) is 0. The SMILES string of the molecule is CCCN1c2cc(Cl)c(/C=C3\SC(=O)NC3=O)cc2C(C)=CC1(C)C. The molecule has 1 aromatic carbocycles. The highest BCUT2D eigenvalue weighted by Gasteiger charge is 2.31. The van der Waals surface area contributed by atoms with Crippen molar-refractivity contribution in [2.75, 3.05) is 11.4 Å². The highest BCUT2D eigenvalue weighted by Crippen LogP contribution is 2.42. The molecule has 2 aliphatic rings. The number of benzene rings is 1. The number of nitrogens with zero attached hydrogens (tertiary/aromatic N) is 1. The summed E-state index contributed by atoms with van der Waals surface area (Å²) in [6.45, 7) is 9.59. The summed E-state index contributed by atoms with van der Waals surface area (Å²) < 4.78 is 0. The molecule has 1 N–H and O–H groups in total. The fourth-order valence-corrected chi connectivity index (χ4v) is 4.31. The molecule has 0 unspecified atom stereocenters. The standard InChI is InChI=1S/C19H21ClN2O2S/c1-5-6-22-15-9-14(20)12(8-16-17(23)21-18(24)25-16)7-13(15)11(2)10-19(22,3)4/h7-10H,5-6H2,1-4H3,(H,21,23,24)/b16-8-. The number of hydrogen-bond acceptors (Lipinski definition) is 4. The van der Waals surface area contributed by atoms with Crippen LogP contribution >= 0.6 is 23.4 Å². The largest absolute Gasteiger partial charge is 0.362 e. The van der Waals surface area contributed by atoms with Crippen molar-refractivity contribution in [2.24, 2.45) is 0 Å². The van der Waals surface area contributed by atoms with Gasteiger partial charge in [-0.3, -0.25) is 14.9 Å². The molecule has 2 amide bonds. The summed E-state index contributed by atoms with van der Waals surface area (Å²) in [5.41, 5.74) is 4.07. The van der Waals surface area contributed by atoms with Gasteiger partial charge in [-0.25, -0.2) is 0 Å². The van der Waals surface area contributed by atoms with Crippen LogP contribution in [0.2, 0.25) is 5.02 Å². The van der Waals surface area contributed by atoms with Gasteiger partial charge in [0.25, 0.3) is 11.1 Å². The van der Waals surface area contributed by atoms with E-state index < -0.39 is 0 Å². The number of carbonyl (C=O) groups excluding carboxylic acids is 2. The van der Waals surface area contributed by atoms with E-state index in [1.165, 1.54) is 5.57 Å². The van der Waals surface area contributed by atoms with E-state index in [4.69, 9.17) is 11.6 Å². The molecule has 1 fully saturated rings. The van der Waals surface area contributed by atoms with Gasteiger partial charge < -0.3 is 4.90 Å². The Bertz CT molecular complexity index is 827. The third-order valence-electron chi connectivity index (χ3n) is 4.47. The zero-order valence-electron chi connectivity index (χ0n) is 14.8. The van der Waals surface area contributed by atoms with Crippen molar-refractivity contribution >= 4 is 51.8 Å². The highest BCUT2D eigenvalue weighted by atomic mass is 35.5. The lowest BCUT2D eigenvalue weighted by atomic mass is 9.87. The first-order valence-corrected chi connectivity index (χ1v) is 9.48. The predicted octanol–water partition coefficient (Wildman–Crippen LogP) is 5.08. The van der Waals surface area contributed by atoms with E-state index in [-0.39, 0.29) is 16.7 Å². The summed E-state index contributed by atoms with van der Waals surface area (Å²) in [6, 6.07) is 3.97. The van der Waals surface area contributed by atoms with Gasteiger partial charge in [0.15, 0.2) is 0 Å². The van der Waals surface area contributed by atoms with E-state index in [2.05, 4.69) is 44.0 Å². The van der Waals surface area contributed by atoms with E-state index in [1.54, 1.807) is 6.08 Å². The van der Waals surface area contributed by atoms with Crippen LogP contribution in [0.15, 0.2) is 23.1 Å². The Kier molecular flexibility index (Phi) is 4.73. The Labute approximate surface area is 157 Å². The minimum absolute atomic E-state index is 0.0794. The molecular formula is C19H21ClN2O2S. The molecule has 0 atom stereocenters. The average molecular weight is 377 g/mol. The minimum atomic E-state index is -0.371. The monoisotopic (exact) mass is 376 g/mol. The summed E-state index contributed by atoms with van der Waals surface area (Å²) in [4.78, 5) is 25.9. The lowest BCUT2D eigenvalue weighted by Gasteiger charge is -2.43. The number of carbonyl (C=O) groups is 2. The van der Waals surface area contributed by atoms with Gasteiger partial charge in [0.05, 0.1) is 10.4 Å². The molecular weight excluding hydrogens is 356 g/mol. The van der Waals surface area contributed by atoms with Crippen LogP contribution in [0.3, 0.4) is 0 Å². The van der Waals surface area contributed by atoms with Crippen LogP contribution in [0.5, 0.6) is 0 Å². The second kappa shape index (κ2) is 6.54. The molecule has 4 nitrogen and oxygen atoms in total. The highest BCUT2D eigenvalue weighted by molar-refractivity contribution is 8.18. The van der Waals surface area contributed by atoms with Gasteiger partial charge in [0.2, 0.25) is 0 Å². The summed E-state index contributed by atoms with van der Waals surface area (Å²) >= 11 is 7.42. The van der Waals surface area contributed by atoms with Crippen LogP contribution in [-0.4, -0.2) is 23.2 Å². The maximum absolute atomic E-state index is 11.8. The first-order valence-electron chi connectivity index (χ1n) is 8.29. The molecule has 2 aliphatic heterocycles. The average Bonchev–Trinajstić information content (AvgIpc) is 2.82. The van der Waals surface area contributed by atoms with E-state index in [1.807, 2.05) is 12.1 Å². The summed E-state index contributed by atoms with van der Waals surface area (Å²) in [5.74, 6) is -0.371. The number of rotatable bonds is 3. The van der Waals surface area contributed by atoms with Gasteiger partial charge in [0, 0.05) is 22.8 Å². The van der Waals surface area contributed by atoms with Crippen LogP contribution in [0.4, 0.5) is 10.5 Å². The molecule has 25 heavy (non-hydrogen) atoms. The Hall–Kier alpha value is -1.72. The lowest BCUT2D eigenvalue weighted by molar-refractivity contribution is -0.115. The maximum Gasteiger partial charge on any atom is 0.290 e. The smallest absolute Gasteiger partial charge is 0.290 e. The van der Waals surface area contributed by atoms with Crippen molar-refractivity contribution in [2.45, 2.75) is 39.7 Å². The molecule has 0 aromatic heterocycles. The van der Waals surface area contributed by atoms with Crippen LogP contribution in [-0.2, 0) is 4.79 Å². The normalized spacial score (nSPS) is 20.6. The Balaban J connectivity index is 2.10. The molecule has 3 rings (SSSR count). The number of thioether (sulfide) groups is 1. The molecule has 0 spiro atoms. The molecule has 1 aromatic rings. The van der Waals surface area contributed by atoms with Crippen LogP contribution in [0.25, 0.3) is 11.6 Å². The van der Waals surface area contributed by atoms with E-state index in [0.29, 0.717) is 9.93 Å². The van der Waals surface area contributed by atoms with Crippen molar-refractivity contribution in [1.29, 1.82) is 0 Å². The zero-order chi connectivity index (χ0) is 18.4. The van der Waals surface area contributed by atoms with Crippen molar-refractivity contribution < 1.29 is 9.59 Å². The molecule has 0 radical (unpaired) electrons. The fourth-order valence-electron chi connectivity index (χ4n) is 3.42. The van der Waals surface area contributed by atoms with Crippen LogP contribution < -0.4 is 10.2 Å². The lowest BCUT2D eigenvalue weighted by Crippen LogP contribution is -2.45. The Morgan fingerprint density at radius 1 is 1.32 bits per heavy atom. The van der Waals surface area contributed by atoms with Crippen molar-refractivity contribution in [3.63, 3.8) is 0 Å². The van der Waals surface area contributed by atoms with Gasteiger partial charge >= 0.3 is 0 Å². The molecule has 2 heterocycles. The number of nitrogens with one attached hydrogen (secondary N) is 1. The third-order valence-corrected chi connectivity index (χ3v) is 5.61. The van der Waals surface area contributed by atoms with E-state index >= 15 is 0 Å². The summed E-state index contributed by atoms with van der Waals surface area (Å²) in [5, 5.41) is 2.49. The first-order chi connectivity index (χ1) is 11.7. The molecule has 132 valence electrons. The number of fused-ring (bicyclic) bond motifs is 1. The minimum Gasteiger partial charge on any atom is -0.362 e. The topological polar surface area (TPSA) is 49.4 Å². The number of imide groups is 1. The molecule has 0 aliphatic carbocycles. The molecule has 6 heteroatoms. The number of halogens is 1. The second-order valence-corrected chi connectivity index (χ2v) is 8.30. The Morgan fingerprint density at radius 2 is 2.04 bits per heavy atom. The molecule has 0 bridgehead atoms. The third kappa shape index (κ3) is 3.35. The van der Waals surface area contributed by atoms with E-state index in [9.17, 15) is 9.59 Å². The van der Waals surface area contributed by atoms with Gasteiger partial charge in [-0.2, -0.15) is 0 Å². The first kappa shape index (κ1) is 18.1. The van der Waals surface area contributed by atoms with E-state index in [0.717, 1.165) is 41.5 Å². The van der Waals surface area contributed by atoms with Crippen molar-refractivity contribution in [3.05, 3.63) is 39.3 Å². The number of anilines is 1. The second-order valence-electron chi connectivity index (χ2n) is 6.88. The molecule has 1 saturated heterocycles. The fraction of sp³-hybridized carbons (Fsp3) is 0.368. The Morgan fingerprint density at radius 3 is 2.64 bits per heavy atom. The number of hydrogen-bond donors (Lipinski definition) is 1. The number of allylic oxidation sites excluding steroid dienone is 1. The van der Waals surface area contributed by atoms with Gasteiger partial charge in [-0.15, -0.1) is 0 Å². The summed E-state index contributed by atoms with van der Waals surface area (Å²) in [6.07, 6.45) is 4.99. The molecule has 0 saturated carbocycles. The quantitative estimate of drug-likeness (QED) is 0.747. The van der Waals surface area contributed by atoms with Gasteiger partial charge in [-0.05, 0) is 68.3 Å². The van der Waals surface area contributed by atoms with Crippen molar-refractivity contribution in [1.82, 2.24) is 5.32 Å². The number of amides is 2. The van der Waals surface area contributed by atoms with Crippen LogP contribution in [0.1, 0.15) is 45.2 Å². The van der Waals surface area contributed by atoms with Crippen molar-refractivity contribution in [3.8, 4) is 0 Å². The predicted molar refractivity (Wildman–Crippen MR) is 106 cm³/mol. The maximum atomic E-state index is 11.8. The van der Waals surface area contributed by atoms with Crippen LogP contribution in [0, 0.1) is 0 Å². The zero-order valence-corrected chi connectivity index (χ0v) is 16.3.